The summed E-state index contributed by atoms with van der Waals surface area (Å²) in [6, 6.07) is 14.3. The van der Waals surface area contributed by atoms with Gasteiger partial charge in [0, 0.05) is 6.21 Å². The standard InChI is InChI=1S/C18H19NO2/c1-3-13(2)15-5-7-16(8-6-15)19-11-14-4-9-17-18(10-14)21-12-20-17/h4-11,13H,3,12H2,1-2H3. The maximum absolute atomic E-state index is 5.36. The highest BCUT2D eigenvalue weighted by atomic mass is 16.7. The smallest absolute Gasteiger partial charge is 0.231 e. The predicted octanol–water partition coefficient (Wildman–Crippen LogP) is 4.68. The van der Waals surface area contributed by atoms with Gasteiger partial charge in [0.1, 0.15) is 0 Å². The molecule has 2 aromatic rings. The van der Waals surface area contributed by atoms with E-state index < -0.39 is 0 Å². The molecule has 1 atom stereocenters. The van der Waals surface area contributed by atoms with Crippen LogP contribution in [0, 0.1) is 0 Å². The third-order valence-corrected chi connectivity index (χ3v) is 3.83. The Morgan fingerprint density at radius 2 is 1.86 bits per heavy atom. The summed E-state index contributed by atoms with van der Waals surface area (Å²) in [5.74, 6) is 2.17. The van der Waals surface area contributed by atoms with Crippen molar-refractivity contribution in [3.05, 3.63) is 53.6 Å². The molecule has 0 saturated heterocycles. The van der Waals surface area contributed by atoms with Crippen molar-refractivity contribution in [3.8, 4) is 11.5 Å². The average molecular weight is 281 g/mol. The summed E-state index contributed by atoms with van der Waals surface area (Å²) in [5, 5.41) is 0. The molecule has 1 aliphatic rings. The summed E-state index contributed by atoms with van der Waals surface area (Å²) in [4.78, 5) is 4.51. The van der Waals surface area contributed by atoms with Crippen LogP contribution in [0.15, 0.2) is 47.5 Å². The minimum absolute atomic E-state index is 0.299. The molecule has 0 spiro atoms. The lowest BCUT2D eigenvalue weighted by molar-refractivity contribution is 0.174. The minimum atomic E-state index is 0.299. The molecule has 108 valence electrons. The van der Waals surface area contributed by atoms with Crippen LogP contribution in [0.1, 0.15) is 37.3 Å². The molecule has 1 unspecified atom stereocenters. The fourth-order valence-corrected chi connectivity index (χ4v) is 2.27. The van der Waals surface area contributed by atoms with Gasteiger partial charge in [-0.2, -0.15) is 0 Å². The first kappa shape index (κ1) is 13.7. The van der Waals surface area contributed by atoms with Gasteiger partial charge in [-0.05, 0) is 53.8 Å². The van der Waals surface area contributed by atoms with E-state index in [4.69, 9.17) is 9.47 Å². The topological polar surface area (TPSA) is 30.8 Å². The van der Waals surface area contributed by atoms with Gasteiger partial charge >= 0.3 is 0 Å². The summed E-state index contributed by atoms with van der Waals surface area (Å²) in [5.41, 5.74) is 3.32. The van der Waals surface area contributed by atoms with E-state index in [0.717, 1.165) is 29.2 Å². The van der Waals surface area contributed by atoms with Crippen molar-refractivity contribution in [2.24, 2.45) is 4.99 Å². The van der Waals surface area contributed by atoms with E-state index in [1.165, 1.54) is 5.56 Å². The lowest BCUT2D eigenvalue weighted by Crippen LogP contribution is -1.92. The molecule has 2 aromatic carbocycles. The number of ether oxygens (including phenoxy) is 2. The van der Waals surface area contributed by atoms with Crippen LogP contribution in [0.5, 0.6) is 11.5 Å². The molecule has 0 saturated carbocycles. The quantitative estimate of drug-likeness (QED) is 0.762. The van der Waals surface area contributed by atoms with Gasteiger partial charge in [-0.1, -0.05) is 26.0 Å². The van der Waals surface area contributed by atoms with E-state index in [2.05, 4.69) is 43.1 Å². The van der Waals surface area contributed by atoms with E-state index >= 15 is 0 Å². The van der Waals surface area contributed by atoms with Crippen molar-refractivity contribution in [1.82, 2.24) is 0 Å². The Labute approximate surface area is 125 Å². The SMILES string of the molecule is CCC(C)c1ccc(N=Cc2ccc3c(c2)OCO3)cc1. The van der Waals surface area contributed by atoms with Crippen molar-refractivity contribution in [2.75, 3.05) is 6.79 Å². The fourth-order valence-electron chi connectivity index (χ4n) is 2.27. The van der Waals surface area contributed by atoms with Gasteiger partial charge in [0.05, 0.1) is 5.69 Å². The predicted molar refractivity (Wildman–Crippen MR) is 85.0 cm³/mol. The number of hydrogen-bond donors (Lipinski definition) is 0. The lowest BCUT2D eigenvalue weighted by atomic mass is 9.99. The number of aliphatic imine (C=N–C) groups is 1. The molecule has 3 nitrogen and oxygen atoms in total. The molecule has 21 heavy (non-hydrogen) atoms. The Morgan fingerprint density at radius 3 is 2.62 bits per heavy atom. The highest BCUT2D eigenvalue weighted by Gasteiger charge is 2.12. The number of hydrogen-bond acceptors (Lipinski definition) is 3. The van der Waals surface area contributed by atoms with Crippen molar-refractivity contribution in [3.63, 3.8) is 0 Å². The zero-order valence-electron chi connectivity index (χ0n) is 12.4. The van der Waals surface area contributed by atoms with Crippen LogP contribution in [-0.2, 0) is 0 Å². The molecule has 0 aromatic heterocycles. The number of benzene rings is 2. The summed E-state index contributed by atoms with van der Waals surface area (Å²) in [6.07, 6.45) is 3.00. The van der Waals surface area contributed by atoms with E-state index in [0.29, 0.717) is 12.7 Å². The van der Waals surface area contributed by atoms with Gasteiger partial charge in [-0.3, -0.25) is 4.99 Å². The van der Waals surface area contributed by atoms with Crippen LogP contribution in [0.25, 0.3) is 0 Å². The van der Waals surface area contributed by atoms with E-state index in [9.17, 15) is 0 Å². The van der Waals surface area contributed by atoms with Crippen molar-refractivity contribution in [2.45, 2.75) is 26.2 Å². The summed E-state index contributed by atoms with van der Waals surface area (Å²) in [6.45, 7) is 4.74. The average Bonchev–Trinajstić information content (AvgIpc) is 3.00. The third-order valence-electron chi connectivity index (χ3n) is 3.83. The third kappa shape index (κ3) is 3.07. The van der Waals surface area contributed by atoms with Crippen molar-refractivity contribution >= 4 is 11.9 Å². The van der Waals surface area contributed by atoms with Gasteiger partial charge in [-0.25, -0.2) is 0 Å². The monoisotopic (exact) mass is 281 g/mol. The van der Waals surface area contributed by atoms with Crippen LogP contribution in [0.4, 0.5) is 5.69 Å². The van der Waals surface area contributed by atoms with Gasteiger partial charge in [0.25, 0.3) is 0 Å². The number of nitrogens with zero attached hydrogens (tertiary/aromatic N) is 1. The highest BCUT2D eigenvalue weighted by molar-refractivity contribution is 5.83. The van der Waals surface area contributed by atoms with Gasteiger partial charge in [0.2, 0.25) is 6.79 Å². The van der Waals surface area contributed by atoms with Gasteiger partial charge in [-0.15, -0.1) is 0 Å². The molecule has 0 fully saturated rings. The van der Waals surface area contributed by atoms with Gasteiger partial charge < -0.3 is 9.47 Å². The van der Waals surface area contributed by atoms with Crippen LogP contribution < -0.4 is 9.47 Å². The highest BCUT2D eigenvalue weighted by Crippen LogP contribution is 2.32. The Balaban J connectivity index is 1.74. The minimum Gasteiger partial charge on any atom is -0.454 e. The van der Waals surface area contributed by atoms with E-state index in [1.54, 1.807) is 0 Å². The van der Waals surface area contributed by atoms with Crippen LogP contribution in [0.3, 0.4) is 0 Å². The second-order valence-electron chi connectivity index (χ2n) is 5.27. The maximum Gasteiger partial charge on any atom is 0.231 e. The molecule has 1 aliphatic heterocycles. The Hall–Kier alpha value is -2.29. The molecular formula is C18H19NO2. The number of fused-ring (bicyclic) bond motifs is 1. The molecule has 0 aliphatic carbocycles. The Kier molecular flexibility index (Phi) is 3.91. The molecule has 0 N–H and O–H groups in total. The van der Waals surface area contributed by atoms with Crippen LogP contribution in [-0.4, -0.2) is 13.0 Å². The molecule has 3 heteroatoms. The summed E-state index contributed by atoms with van der Waals surface area (Å²) >= 11 is 0. The Bertz CT molecular complexity index is 647. The maximum atomic E-state index is 5.36. The second-order valence-corrected chi connectivity index (χ2v) is 5.27. The zero-order valence-corrected chi connectivity index (χ0v) is 12.4. The summed E-state index contributed by atoms with van der Waals surface area (Å²) in [7, 11) is 0. The first-order chi connectivity index (χ1) is 10.3. The summed E-state index contributed by atoms with van der Waals surface area (Å²) < 4.78 is 10.7. The molecular weight excluding hydrogens is 262 g/mol. The molecule has 0 radical (unpaired) electrons. The fraction of sp³-hybridized carbons (Fsp3) is 0.278. The largest absolute Gasteiger partial charge is 0.454 e. The normalized spacial score (nSPS) is 14.6. The molecule has 0 bridgehead atoms. The van der Waals surface area contributed by atoms with Crippen molar-refractivity contribution in [1.29, 1.82) is 0 Å². The molecule has 1 heterocycles. The number of rotatable bonds is 4. The van der Waals surface area contributed by atoms with E-state index in [-0.39, 0.29) is 0 Å². The first-order valence-corrected chi connectivity index (χ1v) is 7.30. The van der Waals surface area contributed by atoms with Crippen molar-refractivity contribution < 1.29 is 9.47 Å². The zero-order chi connectivity index (χ0) is 14.7. The van der Waals surface area contributed by atoms with E-state index in [1.807, 2.05) is 24.4 Å². The molecule has 0 amide bonds. The molecule has 3 rings (SSSR count). The lowest BCUT2D eigenvalue weighted by Gasteiger charge is -2.08. The second kappa shape index (κ2) is 6.00. The first-order valence-electron chi connectivity index (χ1n) is 7.30. The van der Waals surface area contributed by atoms with Crippen LogP contribution >= 0.6 is 0 Å². The van der Waals surface area contributed by atoms with Crippen LogP contribution in [0.2, 0.25) is 0 Å². The Morgan fingerprint density at radius 1 is 1.10 bits per heavy atom. The van der Waals surface area contributed by atoms with Gasteiger partial charge in [0.15, 0.2) is 11.5 Å².